The molecule has 2 aromatic heterocycles. The Labute approximate surface area is 139 Å². The number of hydrogen-bond acceptors (Lipinski definition) is 6. The van der Waals surface area contributed by atoms with Crippen molar-refractivity contribution in [3.63, 3.8) is 0 Å². The molecule has 0 spiro atoms. The van der Waals surface area contributed by atoms with Gasteiger partial charge in [0.25, 0.3) is 5.91 Å². The zero-order chi connectivity index (χ0) is 16.2. The molecular weight excluding hydrogens is 312 g/mol. The summed E-state index contributed by atoms with van der Waals surface area (Å²) in [5.74, 6) is 0.333. The second-order valence-electron chi connectivity index (χ2n) is 5.72. The molecule has 1 saturated carbocycles. The van der Waals surface area contributed by atoms with Gasteiger partial charge < -0.3 is 15.8 Å². The number of carbonyl (C=O) groups excluding carboxylic acids is 1. The third-order valence-electron chi connectivity index (χ3n) is 3.95. The Morgan fingerprint density at radius 2 is 2.13 bits per heavy atom. The number of aryl methyl sites for hydroxylation is 1. The van der Waals surface area contributed by atoms with Gasteiger partial charge in [0, 0.05) is 6.07 Å². The minimum absolute atomic E-state index is 0.260. The van der Waals surface area contributed by atoms with E-state index in [0.717, 1.165) is 24.4 Å². The molecular formula is C16H20N4O2S. The van der Waals surface area contributed by atoms with E-state index in [0.29, 0.717) is 27.8 Å². The molecule has 0 aliphatic heterocycles. The third-order valence-corrected chi connectivity index (χ3v) is 4.72. The van der Waals surface area contributed by atoms with Crippen LogP contribution in [0.25, 0.3) is 0 Å². The van der Waals surface area contributed by atoms with Crippen molar-refractivity contribution in [2.45, 2.75) is 45.1 Å². The van der Waals surface area contributed by atoms with Crippen LogP contribution < -0.4 is 15.8 Å². The van der Waals surface area contributed by atoms with E-state index in [2.05, 4.69) is 14.7 Å². The fourth-order valence-corrected chi connectivity index (χ4v) is 3.39. The zero-order valence-electron chi connectivity index (χ0n) is 13.0. The molecule has 7 heteroatoms. The van der Waals surface area contributed by atoms with Gasteiger partial charge in [0.15, 0.2) is 0 Å². The highest BCUT2D eigenvalue weighted by atomic mass is 32.1. The average Bonchev–Trinajstić information content (AvgIpc) is 2.89. The van der Waals surface area contributed by atoms with E-state index in [1.807, 2.05) is 0 Å². The van der Waals surface area contributed by atoms with Crippen LogP contribution in [0.5, 0.6) is 5.88 Å². The SMILES string of the molecule is Cc1nsc(N)c1C(=O)Nc1ccc(OC2CCCCC2)nc1. The summed E-state index contributed by atoms with van der Waals surface area (Å²) in [5.41, 5.74) is 7.45. The van der Waals surface area contributed by atoms with Gasteiger partial charge in [-0.1, -0.05) is 6.42 Å². The maximum absolute atomic E-state index is 12.2. The number of anilines is 2. The van der Waals surface area contributed by atoms with Gasteiger partial charge in [0.2, 0.25) is 5.88 Å². The lowest BCUT2D eigenvalue weighted by Gasteiger charge is -2.22. The first kappa shape index (κ1) is 15.7. The van der Waals surface area contributed by atoms with Gasteiger partial charge in [0.05, 0.1) is 23.1 Å². The second-order valence-corrected chi connectivity index (χ2v) is 6.53. The molecule has 0 unspecified atom stereocenters. The molecule has 6 nitrogen and oxygen atoms in total. The van der Waals surface area contributed by atoms with E-state index in [-0.39, 0.29) is 12.0 Å². The molecule has 1 fully saturated rings. The van der Waals surface area contributed by atoms with Gasteiger partial charge in [-0.25, -0.2) is 4.98 Å². The number of nitrogens with one attached hydrogen (secondary N) is 1. The largest absolute Gasteiger partial charge is 0.474 e. The third kappa shape index (κ3) is 3.79. The van der Waals surface area contributed by atoms with E-state index in [9.17, 15) is 4.79 Å². The summed E-state index contributed by atoms with van der Waals surface area (Å²) < 4.78 is 9.95. The number of aromatic nitrogens is 2. The molecule has 1 aliphatic rings. The summed E-state index contributed by atoms with van der Waals surface area (Å²) in [4.78, 5) is 16.5. The number of ether oxygens (including phenoxy) is 1. The van der Waals surface area contributed by atoms with Crippen LogP contribution in [0.1, 0.15) is 48.2 Å². The first-order valence-electron chi connectivity index (χ1n) is 7.79. The van der Waals surface area contributed by atoms with Crippen molar-refractivity contribution >= 4 is 28.1 Å². The zero-order valence-corrected chi connectivity index (χ0v) is 13.9. The van der Waals surface area contributed by atoms with Crippen molar-refractivity contribution in [2.24, 2.45) is 0 Å². The molecule has 1 amide bonds. The van der Waals surface area contributed by atoms with Gasteiger partial charge in [0.1, 0.15) is 11.1 Å². The quantitative estimate of drug-likeness (QED) is 0.895. The predicted octanol–water partition coefficient (Wildman–Crippen LogP) is 3.39. The molecule has 0 saturated heterocycles. The average molecular weight is 332 g/mol. The van der Waals surface area contributed by atoms with Crippen LogP contribution >= 0.6 is 11.5 Å². The molecule has 3 N–H and O–H groups in total. The van der Waals surface area contributed by atoms with Crippen LogP contribution in [0.2, 0.25) is 0 Å². The Bertz CT molecular complexity index is 658. The number of carbonyl (C=O) groups is 1. The fraction of sp³-hybridized carbons (Fsp3) is 0.438. The van der Waals surface area contributed by atoms with E-state index in [1.165, 1.54) is 19.3 Å². The summed E-state index contributed by atoms with van der Waals surface area (Å²) in [7, 11) is 0. The Morgan fingerprint density at radius 1 is 1.35 bits per heavy atom. The topological polar surface area (TPSA) is 90.1 Å². The highest BCUT2D eigenvalue weighted by Crippen LogP contribution is 2.24. The van der Waals surface area contributed by atoms with Gasteiger partial charge in [-0.05, 0) is 50.2 Å². The van der Waals surface area contributed by atoms with Crippen molar-refractivity contribution in [3.05, 3.63) is 29.6 Å². The number of amides is 1. The molecule has 0 atom stereocenters. The lowest BCUT2D eigenvalue weighted by Crippen LogP contribution is -2.20. The second kappa shape index (κ2) is 6.95. The van der Waals surface area contributed by atoms with Gasteiger partial charge in [-0.15, -0.1) is 0 Å². The summed E-state index contributed by atoms with van der Waals surface area (Å²) in [5, 5.41) is 3.21. The van der Waals surface area contributed by atoms with Crippen molar-refractivity contribution in [1.82, 2.24) is 9.36 Å². The number of rotatable bonds is 4. The van der Waals surface area contributed by atoms with Crippen LogP contribution in [-0.4, -0.2) is 21.4 Å². The number of pyridine rings is 1. The molecule has 2 aromatic rings. The molecule has 2 heterocycles. The van der Waals surface area contributed by atoms with Crippen LogP contribution in [-0.2, 0) is 0 Å². The lowest BCUT2D eigenvalue weighted by molar-refractivity contribution is 0.102. The number of hydrogen-bond donors (Lipinski definition) is 2. The Morgan fingerprint density at radius 3 is 2.74 bits per heavy atom. The number of nitrogens with zero attached hydrogens (tertiary/aromatic N) is 2. The van der Waals surface area contributed by atoms with Crippen LogP contribution in [0.4, 0.5) is 10.7 Å². The number of nitrogens with two attached hydrogens (primary N) is 1. The fourth-order valence-electron chi connectivity index (χ4n) is 2.73. The van der Waals surface area contributed by atoms with Crippen molar-refractivity contribution in [3.8, 4) is 5.88 Å². The maximum Gasteiger partial charge on any atom is 0.260 e. The first-order chi connectivity index (χ1) is 11.1. The molecule has 0 aromatic carbocycles. The normalized spacial score (nSPS) is 15.3. The Balaban J connectivity index is 1.62. The molecule has 122 valence electrons. The minimum Gasteiger partial charge on any atom is -0.474 e. The van der Waals surface area contributed by atoms with E-state index in [1.54, 1.807) is 25.3 Å². The maximum atomic E-state index is 12.2. The Hall–Kier alpha value is -2.15. The first-order valence-corrected chi connectivity index (χ1v) is 8.56. The highest BCUT2D eigenvalue weighted by molar-refractivity contribution is 7.10. The minimum atomic E-state index is -0.267. The van der Waals surface area contributed by atoms with E-state index in [4.69, 9.17) is 10.5 Å². The lowest BCUT2D eigenvalue weighted by atomic mass is 9.98. The van der Waals surface area contributed by atoms with E-state index < -0.39 is 0 Å². The Kier molecular flexibility index (Phi) is 4.76. The highest BCUT2D eigenvalue weighted by Gasteiger charge is 2.17. The van der Waals surface area contributed by atoms with Crippen molar-refractivity contribution < 1.29 is 9.53 Å². The van der Waals surface area contributed by atoms with Gasteiger partial charge in [-0.2, -0.15) is 4.37 Å². The summed E-state index contributed by atoms with van der Waals surface area (Å²) in [6, 6.07) is 3.57. The van der Waals surface area contributed by atoms with E-state index >= 15 is 0 Å². The monoisotopic (exact) mass is 332 g/mol. The van der Waals surface area contributed by atoms with Crippen LogP contribution in [0.15, 0.2) is 18.3 Å². The van der Waals surface area contributed by atoms with Crippen molar-refractivity contribution in [1.29, 1.82) is 0 Å². The van der Waals surface area contributed by atoms with Gasteiger partial charge in [-0.3, -0.25) is 4.79 Å². The summed E-state index contributed by atoms with van der Waals surface area (Å²) >= 11 is 1.12. The smallest absolute Gasteiger partial charge is 0.260 e. The van der Waals surface area contributed by atoms with Crippen molar-refractivity contribution in [2.75, 3.05) is 11.1 Å². The molecule has 0 bridgehead atoms. The predicted molar refractivity (Wildman–Crippen MR) is 91.0 cm³/mol. The standard InChI is InChI=1S/C16H20N4O2S/c1-10-14(15(17)23-20-10)16(21)19-11-7-8-13(18-9-11)22-12-5-3-2-4-6-12/h7-9,12H,2-6,17H2,1H3,(H,19,21). The summed E-state index contributed by atoms with van der Waals surface area (Å²) in [6.07, 6.45) is 7.76. The molecule has 1 aliphatic carbocycles. The van der Waals surface area contributed by atoms with Crippen LogP contribution in [0, 0.1) is 6.92 Å². The number of nitrogen functional groups attached to an aromatic ring is 1. The van der Waals surface area contributed by atoms with Gasteiger partial charge >= 0.3 is 0 Å². The van der Waals surface area contributed by atoms with Crippen LogP contribution in [0.3, 0.4) is 0 Å². The molecule has 0 radical (unpaired) electrons. The molecule has 3 rings (SSSR count). The molecule has 23 heavy (non-hydrogen) atoms. The summed E-state index contributed by atoms with van der Waals surface area (Å²) in [6.45, 7) is 1.77.